The zero-order chi connectivity index (χ0) is 43.2. The van der Waals surface area contributed by atoms with Gasteiger partial charge in [0.2, 0.25) is 23.8 Å². The van der Waals surface area contributed by atoms with Gasteiger partial charge in [-0.05, 0) is 77.9 Å². The first-order valence-electron chi connectivity index (χ1n) is 17.2. The van der Waals surface area contributed by atoms with Crippen LogP contribution in [0.5, 0.6) is 0 Å². The number of carboxylic acids is 2. The smallest absolute Gasteiger partial charge is 0.335 e. The summed E-state index contributed by atoms with van der Waals surface area (Å²) in [4.78, 5) is 68.6. The molecular formula is C36H35N13O11. The van der Waals surface area contributed by atoms with Crippen molar-refractivity contribution in [3.05, 3.63) is 95.1 Å². The molecule has 12 N–H and O–H groups in total. The molecule has 0 saturated heterocycles. The van der Waals surface area contributed by atoms with Crippen LogP contribution in [0.4, 0.5) is 68.1 Å². The second-order valence-electron chi connectivity index (χ2n) is 12.2. The molecule has 0 aliphatic rings. The lowest BCUT2D eigenvalue weighted by Gasteiger charge is -2.13. The molecular weight excluding hydrogens is 790 g/mol. The Balaban J connectivity index is 1.43. The molecule has 0 aliphatic heterocycles. The van der Waals surface area contributed by atoms with Crippen molar-refractivity contribution >= 4 is 87.2 Å². The van der Waals surface area contributed by atoms with Gasteiger partial charge in [0.15, 0.2) is 0 Å². The molecule has 4 aromatic carbocycles. The average molecular weight is 826 g/mol. The Morgan fingerprint density at radius 1 is 0.650 bits per heavy atom. The van der Waals surface area contributed by atoms with E-state index < -0.39 is 23.9 Å². The summed E-state index contributed by atoms with van der Waals surface area (Å²) in [5.74, 6) is -3.17. The lowest BCUT2D eigenvalue weighted by atomic mass is 10.1. The molecule has 60 heavy (non-hydrogen) atoms. The molecule has 310 valence electrons. The van der Waals surface area contributed by atoms with Crippen LogP contribution in [0.3, 0.4) is 0 Å². The van der Waals surface area contributed by atoms with Crippen LogP contribution in [-0.2, 0) is 27.8 Å². The van der Waals surface area contributed by atoms with Gasteiger partial charge in [0, 0.05) is 24.8 Å². The Morgan fingerprint density at radius 2 is 1.13 bits per heavy atom. The molecule has 3 amide bonds. The van der Waals surface area contributed by atoms with Crippen molar-refractivity contribution in [2.45, 2.75) is 20.1 Å². The van der Waals surface area contributed by atoms with Crippen molar-refractivity contribution < 1.29 is 54.8 Å². The molecule has 0 spiro atoms. The number of hydrogen-bond donors (Lipinski definition) is 11. The maximum atomic E-state index is 12.1. The van der Waals surface area contributed by atoms with E-state index in [4.69, 9.17) is 16.2 Å². The number of nitrogens with one attached hydrogen (secondary N) is 5. The summed E-state index contributed by atoms with van der Waals surface area (Å²) in [6.07, 6.45) is 0. The number of aromatic carboxylic acids is 2. The Bertz CT molecular complexity index is 2410. The molecule has 1 heterocycles. The van der Waals surface area contributed by atoms with Crippen LogP contribution in [0, 0.1) is 0 Å². The number of nitrogens with two attached hydrogens (primary N) is 1. The number of urea groups is 1. The highest BCUT2D eigenvalue weighted by atomic mass is 17.1. The van der Waals surface area contributed by atoms with Crippen LogP contribution in [0.25, 0.3) is 0 Å². The van der Waals surface area contributed by atoms with Gasteiger partial charge in [-0.1, -0.05) is 6.07 Å². The summed E-state index contributed by atoms with van der Waals surface area (Å²) in [5.41, 5.74) is 7.35. The molecule has 0 radical (unpaired) electrons. The van der Waals surface area contributed by atoms with Crippen molar-refractivity contribution in [2.75, 3.05) is 39.7 Å². The van der Waals surface area contributed by atoms with Crippen LogP contribution < -0.4 is 32.3 Å². The minimum Gasteiger partial charge on any atom is -0.478 e. The van der Waals surface area contributed by atoms with E-state index in [1.54, 1.807) is 30.3 Å². The first-order valence-corrected chi connectivity index (χ1v) is 17.2. The van der Waals surface area contributed by atoms with Gasteiger partial charge >= 0.3 is 18.0 Å². The van der Waals surface area contributed by atoms with Crippen molar-refractivity contribution in [1.29, 1.82) is 0 Å². The molecule has 5 aromatic rings. The fourth-order valence-electron chi connectivity index (χ4n) is 5.17. The molecule has 0 bridgehead atoms. The molecule has 0 aliphatic carbocycles. The third kappa shape index (κ3) is 12.5. The monoisotopic (exact) mass is 825 g/mol. The molecule has 24 heteroatoms. The van der Waals surface area contributed by atoms with Gasteiger partial charge in [0.05, 0.1) is 40.5 Å². The van der Waals surface area contributed by atoms with Gasteiger partial charge < -0.3 is 47.6 Å². The first-order chi connectivity index (χ1) is 28.8. The van der Waals surface area contributed by atoms with Crippen molar-refractivity contribution in [3.63, 3.8) is 0 Å². The normalized spacial score (nSPS) is 11.1. The maximum absolute atomic E-state index is 12.1. The number of carbonyl (C=O) groups is 4. The van der Waals surface area contributed by atoms with Gasteiger partial charge in [-0.15, -0.1) is 10.2 Å². The number of aliphatic hydroxyl groups is 1. The summed E-state index contributed by atoms with van der Waals surface area (Å²) in [7, 11) is 0. The number of benzene rings is 4. The first kappa shape index (κ1) is 43.1. The van der Waals surface area contributed by atoms with E-state index in [-0.39, 0.29) is 83.8 Å². The highest BCUT2D eigenvalue weighted by Gasteiger charge is 2.15. The molecule has 1 aromatic heterocycles. The average Bonchev–Trinajstić information content (AvgIpc) is 3.19. The Morgan fingerprint density at radius 3 is 1.58 bits per heavy atom. The minimum absolute atomic E-state index is 0.00860. The number of aromatic nitrogens is 3. The lowest BCUT2D eigenvalue weighted by molar-refractivity contribution is -0.254. The Kier molecular flexibility index (Phi) is 14.7. The number of hydrogen-bond acceptors (Lipinski definition) is 19. The van der Waals surface area contributed by atoms with E-state index in [1.165, 1.54) is 31.2 Å². The second kappa shape index (κ2) is 20.4. The van der Waals surface area contributed by atoms with Gasteiger partial charge in [0.25, 0.3) is 0 Å². The summed E-state index contributed by atoms with van der Waals surface area (Å²) < 4.78 is 0. The second-order valence-corrected chi connectivity index (χ2v) is 12.2. The number of azo groups is 2. The maximum Gasteiger partial charge on any atom is 0.335 e. The number of aliphatic hydroxyl groups excluding tert-OH is 1. The van der Waals surface area contributed by atoms with Gasteiger partial charge in [-0.25, -0.2) is 24.2 Å². The van der Waals surface area contributed by atoms with Crippen molar-refractivity contribution in [3.8, 4) is 0 Å². The fraction of sp³-hybridized carbons (Fsp3) is 0.139. The van der Waals surface area contributed by atoms with E-state index in [1.807, 2.05) is 0 Å². The van der Waals surface area contributed by atoms with Crippen molar-refractivity contribution in [1.82, 2.24) is 15.0 Å². The topological polar surface area (TPSA) is 362 Å². The van der Waals surface area contributed by atoms with Crippen LogP contribution in [0.15, 0.2) is 93.3 Å². The quantitative estimate of drug-likeness (QED) is 0.0243. The summed E-state index contributed by atoms with van der Waals surface area (Å²) in [6.45, 7) is 0.745. The van der Waals surface area contributed by atoms with Gasteiger partial charge in [-0.3, -0.25) is 15.3 Å². The number of primary amides is 1. The Hall–Kier alpha value is -8.03. The number of nitrogens with zero attached hydrogens (tertiary/aromatic N) is 7. The number of anilines is 7. The van der Waals surface area contributed by atoms with E-state index in [9.17, 15) is 34.5 Å². The van der Waals surface area contributed by atoms with Crippen LogP contribution in [0.2, 0.25) is 0 Å². The molecule has 0 fully saturated rings. The SMILES string of the molecule is CC(=O)Nc1cc(Nc2nc(NCCO)nc(Nc3ccc(N=Nc4cc(COO)cc(COO)c4)c(NC(N)=O)c3)n2)ccc1N=Nc1cc(C(=O)O)cc(C(=O)O)c1. The van der Waals surface area contributed by atoms with E-state index in [2.05, 4.69) is 71.8 Å². The molecule has 0 atom stereocenters. The zero-order valence-corrected chi connectivity index (χ0v) is 31.2. The zero-order valence-electron chi connectivity index (χ0n) is 31.2. The molecule has 24 nitrogen and oxygen atoms in total. The third-order valence-corrected chi connectivity index (χ3v) is 7.56. The predicted molar refractivity (Wildman–Crippen MR) is 212 cm³/mol. The summed E-state index contributed by atoms with van der Waals surface area (Å²) in [6, 6.07) is 16.2. The highest BCUT2D eigenvalue weighted by molar-refractivity contribution is 5.96. The van der Waals surface area contributed by atoms with Crippen molar-refractivity contribution in [2.24, 2.45) is 26.2 Å². The summed E-state index contributed by atoms with van der Waals surface area (Å²) >= 11 is 0. The number of amides is 3. The predicted octanol–water partition coefficient (Wildman–Crippen LogP) is 6.42. The molecule has 0 saturated carbocycles. The van der Waals surface area contributed by atoms with Crippen LogP contribution in [-0.4, -0.2) is 77.8 Å². The highest BCUT2D eigenvalue weighted by Crippen LogP contribution is 2.34. The lowest BCUT2D eigenvalue weighted by Crippen LogP contribution is -2.19. The van der Waals surface area contributed by atoms with E-state index in [0.717, 1.165) is 18.2 Å². The molecule has 0 unspecified atom stereocenters. The minimum atomic E-state index is -1.36. The Labute approximate surface area is 337 Å². The van der Waals surface area contributed by atoms with E-state index >= 15 is 0 Å². The third-order valence-electron chi connectivity index (χ3n) is 7.56. The number of carbonyl (C=O) groups excluding carboxylic acids is 2. The van der Waals surface area contributed by atoms with Gasteiger partial charge in [-0.2, -0.15) is 25.2 Å². The van der Waals surface area contributed by atoms with Crippen LogP contribution in [0.1, 0.15) is 38.8 Å². The van der Waals surface area contributed by atoms with E-state index in [0.29, 0.717) is 28.2 Å². The number of rotatable bonds is 19. The largest absolute Gasteiger partial charge is 0.478 e. The standard InChI is InChI=1S/C36H35N13O11/c1-18(51)39-29-14-23(2-4-27(29)48-47-26-12-21(31(52)53)11-22(13-26)32(54)55)40-35-43-34(38-6-7-50)44-36(45-35)41-24-3-5-28(30(15-24)42-33(37)56)49-46-25-9-19(16-59-57)8-20(10-25)17-60-58/h2-5,8-15,50,57-58H,6-7,16-17H2,1H3,(H,39,51)(H,52,53)(H,54,55)(H3,37,42,56)(H3,38,40,41,43,44,45). The fourth-order valence-corrected chi connectivity index (χ4v) is 5.17. The summed E-state index contributed by atoms with van der Waals surface area (Å²) in [5, 5.41) is 76.5. The van der Waals surface area contributed by atoms with Crippen LogP contribution >= 0.6 is 0 Å². The number of carboxylic acid groups (broad SMARTS) is 2. The molecule has 5 rings (SSSR count). The van der Waals surface area contributed by atoms with Gasteiger partial charge in [0.1, 0.15) is 24.6 Å².